The fourth-order valence-corrected chi connectivity index (χ4v) is 2.42. The van der Waals surface area contributed by atoms with Crippen molar-refractivity contribution in [1.29, 1.82) is 0 Å². The molecule has 1 aromatic carbocycles. The number of nitrogens with zero attached hydrogens (tertiary/aromatic N) is 1. The predicted molar refractivity (Wildman–Crippen MR) is 77.5 cm³/mol. The van der Waals surface area contributed by atoms with Gasteiger partial charge in [-0.3, -0.25) is 4.79 Å². The molecule has 0 bridgehead atoms. The van der Waals surface area contributed by atoms with Crippen molar-refractivity contribution in [1.82, 2.24) is 4.98 Å². The van der Waals surface area contributed by atoms with Gasteiger partial charge in [-0.15, -0.1) is 11.3 Å². The van der Waals surface area contributed by atoms with E-state index in [2.05, 4.69) is 15.0 Å². The summed E-state index contributed by atoms with van der Waals surface area (Å²) in [6, 6.07) is 2.20. The number of carbonyl (C=O) groups is 2. The molecule has 1 N–H and O–H groups in total. The Kier molecular flexibility index (Phi) is 4.99. The van der Waals surface area contributed by atoms with Crippen LogP contribution in [0.3, 0.4) is 0 Å². The molecule has 1 amide bonds. The van der Waals surface area contributed by atoms with Crippen molar-refractivity contribution in [2.45, 2.75) is 13.3 Å². The minimum absolute atomic E-state index is 0.0244. The van der Waals surface area contributed by atoms with Gasteiger partial charge >= 0.3 is 5.97 Å². The van der Waals surface area contributed by atoms with Crippen LogP contribution in [0, 0.1) is 12.7 Å². The number of rotatable bonds is 4. The van der Waals surface area contributed by atoms with E-state index in [9.17, 15) is 22.8 Å². The average molecular weight is 344 g/mol. The lowest BCUT2D eigenvalue weighted by atomic mass is 10.1. The van der Waals surface area contributed by atoms with E-state index in [0.717, 1.165) is 25.4 Å². The second-order valence-electron chi connectivity index (χ2n) is 4.46. The smallest absolute Gasteiger partial charge is 0.340 e. The minimum atomic E-state index is -2.76. The first-order chi connectivity index (χ1) is 10.8. The molecule has 0 saturated heterocycles. The summed E-state index contributed by atoms with van der Waals surface area (Å²) in [5.41, 5.74) is 0.192. The molecule has 1 aromatic heterocycles. The molecule has 23 heavy (non-hydrogen) atoms. The van der Waals surface area contributed by atoms with Crippen molar-refractivity contribution >= 4 is 28.9 Å². The Morgan fingerprint density at radius 3 is 2.61 bits per heavy atom. The summed E-state index contributed by atoms with van der Waals surface area (Å²) >= 11 is 0.553. The summed E-state index contributed by atoms with van der Waals surface area (Å²) in [7, 11) is 1.10. The first kappa shape index (κ1) is 16.9. The maximum absolute atomic E-state index is 13.7. The molecular weight excluding hydrogens is 333 g/mol. The maximum atomic E-state index is 13.7. The van der Waals surface area contributed by atoms with Gasteiger partial charge in [0.05, 0.1) is 18.9 Å². The molecule has 1 heterocycles. The second kappa shape index (κ2) is 6.78. The number of anilines is 1. The van der Waals surface area contributed by atoms with Gasteiger partial charge in [0.2, 0.25) is 0 Å². The number of carbonyl (C=O) groups excluding carboxylic acids is 2. The molecule has 2 rings (SSSR count). The highest BCUT2D eigenvalue weighted by atomic mass is 32.1. The van der Waals surface area contributed by atoms with Crippen molar-refractivity contribution in [3.8, 4) is 0 Å². The van der Waals surface area contributed by atoms with Crippen LogP contribution in [0.4, 0.5) is 18.9 Å². The number of methoxy groups -OCH3 is 1. The van der Waals surface area contributed by atoms with Crippen LogP contribution in [-0.2, 0) is 4.74 Å². The van der Waals surface area contributed by atoms with E-state index in [0.29, 0.717) is 16.9 Å². The molecule has 0 unspecified atom stereocenters. The summed E-state index contributed by atoms with van der Waals surface area (Å²) in [5.74, 6) is -2.36. The van der Waals surface area contributed by atoms with Gasteiger partial charge in [0.25, 0.3) is 12.3 Å². The van der Waals surface area contributed by atoms with Crippen LogP contribution in [0.1, 0.15) is 37.0 Å². The number of hydrogen-bond acceptors (Lipinski definition) is 5. The number of halogens is 3. The molecule has 0 atom stereocenters. The zero-order valence-electron chi connectivity index (χ0n) is 12.0. The summed E-state index contributed by atoms with van der Waals surface area (Å²) in [6.45, 7) is 1.52. The lowest BCUT2D eigenvalue weighted by molar-refractivity contribution is 0.0595. The molecule has 0 radical (unpaired) electrons. The Balaban J connectivity index is 2.28. The molecule has 122 valence electrons. The van der Waals surface area contributed by atoms with E-state index in [1.54, 1.807) is 0 Å². The zero-order chi connectivity index (χ0) is 17.1. The van der Waals surface area contributed by atoms with Crippen molar-refractivity contribution in [2.75, 3.05) is 12.4 Å². The Labute approximate surface area is 133 Å². The molecule has 0 spiro atoms. The van der Waals surface area contributed by atoms with Crippen LogP contribution in [0.2, 0.25) is 0 Å². The summed E-state index contributed by atoms with van der Waals surface area (Å²) < 4.78 is 43.1. The molecule has 0 fully saturated rings. The van der Waals surface area contributed by atoms with Crippen molar-refractivity contribution in [3.63, 3.8) is 0 Å². The third kappa shape index (κ3) is 3.67. The van der Waals surface area contributed by atoms with Gasteiger partial charge < -0.3 is 10.1 Å². The molecule has 0 aliphatic carbocycles. The highest BCUT2D eigenvalue weighted by Gasteiger charge is 2.19. The van der Waals surface area contributed by atoms with Crippen molar-refractivity contribution in [3.05, 3.63) is 45.2 Å². The third-order valence-electron chi connectivity index (χ3n) is 2.90. The normalized spacial score (nSPS) is 10.7. The van der Waals surface area contributed by atoms with E-state index < -0.39 is 29.1 Å². The SMILES string of the molecule is COC(=O)c1cc(NC(=O)c2cnc(C(F)F)s2)c(C)cc1F. The summed E-state index contributed by atoms with van der Waals surface area (Å²) in [5, 5.41) is 1.97. The lowest BCUT2D eigenvalue weighted by Crippen LogP contribution is -2.13. The van der Waals surface area contributed by atoms with Gasteiger partial charge in [-0.1, -0.05) is 0 Å². The van der Waals surface area contributed by atoms with Gasteiger partial charge in [0.15, 0.2) is 5.01 Å². The van der Waals surface area contributed by atoms with Gasteiger partial charge in [-0.2, -0.15) is 0 Å². The first-order valence-corrected chi connectivity index (χ1v) is 7.08. The van der Waals surface area contributed by atoms with Gasteiger partial charge in [-0.05, 0) is 24.6 Å². The summed E-state index contributed by atoms with van der Waals surface area (Å²) in [6.07, 6.45) is -1.73. The number of benzene rings is 1. The van der Waals surface area contributed by atoms with Gasteiger partial charge in [0, 0.05) is 5.69 Å². The molecular formula is C14H11F3N2O3S. The maximum Gasteiger partial charge on any atom is 0.340 e. The van der Waals surface area contributed by atoms with E-state index in [1.165, 1.54) is 6.92 Å². The minimum Gasteiger partial charge on any atom is -0.465 e. The monoisotopic (exact) mass is 344 g/mol. The number of hydrogen-bond donors (Lipinski definition) is 1. The summed E-state index contributed by atoms with van der Waals surface area (Å²) in [4.78, 5) is 26.9. The first-order valence-electron chi connectivity index (χ1n) is 6.27. The number of alkyl halides is 2. The zero-order valence-corrected chi connectivity index (χ0v) is 12.8. The van der Waals surface area contributed by atoms with Crippen LogP contribution in [0.25, 0.3) is 0 Å². The molecule has 0 aliphatic rings. The fraction of sp³-hybridized carbons (Fsp3) is 0.214. The van der Waals surface area contributed by atoms with Crippen LogP contribution in [-0.4, -0.2) is 24.0 Å². The molecule has 0 aliphatic heterocycles. The number of amides is 1. The molecule has 2 aromatic rings. The Bertz CT molecular complexity index is 762. The number of esters is 1. The van der Waals surface area contributed by atoms with Crippen molar-refractivity contribution in [2.24, 2.45) is 0 Å². The topological polar surface area (TPSA) is 68.3 Å². The third-order valence-corrected chi connectivity index (χ3v) is 3.91. The number of ether oxygens (including phenoxy) is 1. The van der Waals surface area contributed by atoms with Gasteiger partial charge in [-0.25, -0.2) is 22.9 Å². The Morgan fingerprint density at radius 2 is 2.04 bits per heavy atom. The number of aryl methyl sites for hydroxylation is 1. The van der Waals surface area contributed by atoms with Gasteiger partial charge in [0.1, 0.15) is 10.7 Å². The number of thiazole rings is 1. The molecule has 9 heteroatoms. The van der Waals surface area contributed by atoms with E-state index in [-0.39, 0.29) is 16.1 Å². The molecule has 0 saturated carbocycles. The van der Waals surface area contributed by atoms with Crippen LogP contribution in [0.15, 0.2) is 18.3 Å². The Hall–Kier alpha value is -2.42. The second-order valence-corrected chi connectivity index (χ2v) is 5.52. The van der Waals surface area contributed by atoms with Crippen LogP contribution in [0.5, 0.6) is 0 Å². The van der Waals surface area contributed by atoms with E-state index >= 15 is 0 Å². The number of nitrogens with one attached hydrogen (secondary N) is 1. The fourth-order valence-electron chi connectivity index (χ4n) is 1.75. The standard InChI is InChI=1S/C14H11F3N2O3S/c1-6-3-8(15)7(14(21)22-2)4-9(6)19-12(20)10-5-18-13(23-10)11(16)17/h3-5,11H,1-2H3,(H,19,20). The lowest BCUT2D eigenvalue weighted by Gasteiger charge is -2.10. The average Bonchev–Trinajstić information content (AvgIpc) is 2.99. The highest BCUT2D eigenvalue weighted by Crippen LogP contribution is 2.26. The van der Waals surface area contributed by atoms with E-state index in [1.807, 2.05) is 0 Å². The quantitative estimate of drug-likeness (QED) is 0.861. The van der Waals surface area contributed by atoms with Crippen LogP contribution < -0.4 is 5.32 Å². The Morgan fingerprint density at radius 1 is 1.35 bits per heavy atom. The number of aromatic nitrogens is 1. The highest BCUT2D eigenvalue weighted by molar-refractivity contribution is 7.13. The largest absolute Gasteiger partial charge is 0.465 e. The predicted octanol–water partition coefficient (Wildman–Crippen LogP) is 3.57. The van der Waals surface area contributed by atoms with Crippen LogP contribution >= 0.6 is 11.3 Å². The van der Waals surface area contributed by atoms with Crippen molar-refractivity contribution < 1.29 is 27.5 Å². The van der Waals surface area contributed by atoms with E-state index in [4.69, 9.17) is 0 Å². The molecule has 5 nitrogen and oxygen atoms in total.